The van der Waals surface area contributed by atoms with Crippen LogP contribution in [0.1, 0.15) is 22.3 Å². The van der Waals surface area contributed by atoms with Gasteiger partial charge in [0.05, 0.1) is 12.2 Å². The van der Waals surface area contributed by atoms with Gasteiger partial charge in [-0.3, -0.25) is 4.79 Å². The van der Waals surface area contributed by atoms with Gasteiger partial charge < -0.3 is 20.9 Å². The van der Waals surface area contributed by atoms with Crippen molar-refractivity contribution in [3.8, 4) is 0 Å². The number of aryl methyl sites for hydroxylation is 1. The molecule has 1 heterocycles. The van der Waals surface area contributed by atoms with Crippen LogP contribution in [0, 0.1) is 12.7 Å². The summed E-state index contributed by atoms with van der Waals surface area (Å²) in [7, 11) is 0. The van der Waals surface area contributed by atoms with E-state index in [1.54, 1.807) is 6.92 Å². The fraction of sp³-hybridized carbons (Fsp3) is 0.462. The molecule has 6 heteroatoms. The number of amides is 1. The van der Waals surface area contributed by atoms with E-state index in [-0.39, 0.29) is 18.7 Å². The van der Waals surface area contributed by atoms with Crippen LogP contribution >= 0.6 is 0 Å². The number of carbonyl (C=O) groups is 1. The summed E-state index contributed by atoms with van der Waals surface area (Å²) >= 11 is 0. The summed E-state index contributed by atoms with van der Waals surface area (Å²) in [5.41, 5.74) is 5.05. The van der Waals surface area contributed by atoms with Gasteiger partial charge in [-0.15, -0.1) is 0 Å². The largest absolute Gasteiger partial charge is 0.399 e. The molecule has 1 aliphatic rings. The standard InChI is InChI=1S/C13H17FN2O3/c1-8-4-9(15)5-10(11(8)14)12(17)16-6-13(18)2-3-19-7-13/h4-5,18H,2-3,6-7,15H2,1H3,(H,16,17). The molecule has 1 atom stereocenters. The number of hydrogen-bond acceptors (Lipinski definition) is 4. The highest BCUT2D eigenvalue weighted by Gasteiger charge is 2.32. The number of nitrogens with two attached hydrogens (primary N) is 1. The summed E-state index contributed by atoms with van der Waals surface area (Å²) in [4.78, 5) is 11.9. The molecule has 1 amide bonds. The summed E-state index contributed by atoms with van der Waals surface area (Å²) < 4.78 is 18.9. The van der Waals surface area contributed by atoms with Crippen molar-refractivity contribution in [1.82, 2.24) is 5.32 Å². The Morgan fingerprint density at radius 1 is 1.63 bits per heavy atom. The monoisotopic (exact) mass is 268 g/mol. The fourth-order valence-electron chi connectivity index (χ4n) is 2.04. The predicted octanol–water partition coefficient (Wildman–Crippen LogP) is 0.598. The maximum absolute atomic E-state index is 13.8. The summed E-state index contributed by atoms with van der Waals surface area (Å²) in [6.07, 6.45) is 0.450. The van der Waals surface area contributed by atoms with E-state index < -0.39 is 17.3 Å². The summed E-state index contributed by atoms with van der Waals surface area (Å²) in [5, 5.41) is 12.5. The summed E-state index contributed by atoms with van der Waals surface area (Å²) in [6, 6.07) is 2.75. The average molecular weight is 268 g/mol. The van der Waals surface area contributed by atoms with E-state index in [0.29, 0.717) is 24.3 Å². The van der Waals surface area contributed by atoms with Crippen LogP contribution in [0.25, 0.3) is 0 Å². The van der Waals surface area contributed by atoms with Gasteiger partial charge in [0.25, 0.3) is 5.91 Å². The highest BCUT2D eigenvalue weighted by atomic mass is 19.1. The van der Waals surface area contributed by atoms with Crippen molar-refractivity contribution in [2.24, 2.45) is 0 Å². The van der Waals surface area contributed by atoms with Crippen LogP contribution < -0.4 is 11.1 Å². The van der Waals surface area contributed by atoms with Crippen LogP contribution in [0.2, 0.25) is 0 Å². The molecule has 0 aromatic heterocycles. The van der Waals surface area contributed by atoms with Crippen molar-refractivity contribution in [3.63, 3.8) is 0 Å². The van der Waals surface area contributed by atoms with Gasteiger partial charge in [0.1, 0.15) is 11.4 Å². The average Bonchev–Trinajstić information content (AvgIpc) is 2.78. The molecule has 1 aromatic carbocycles. The van der Waals surface area contributed by atoms with Crippen molar-refractivity contribution in [3.05, 3.63) is 29.1 Å². The summed E-state index contributed by atoms with van der Waals surface area (Å²) in [6.45, 7) is 2.20. The Kier molecular flexibility index (Phi) is 3.73. The zero-order valence-electron chi connectivity index (χ0n) is 10.7. The van der Waals surface area contributed by atoms with Crippen molar-refractivity contribution in [2.45, 2.75) is 18.9 Å². The van der Waals surface area contributed by atoms with Crippen LogP contribution in [-0.2, 0) is 4.74 Å². The van der Waals surface area contributed by atoms with Gasteiger partial charge in [-0.1, -0.05) is 0 Å². The first-order chi connectivity index (χ1) is 8.91. The van der Waals surface area contributed by atoms with Gasteiger partial charge in [0, 0.05) is 25.3 Å². The Hall–Kier alpha value is -1.66. The summed E-state index contributed by atoms with van der Waals surface area (Å²) in [5.74, 6) is -1.19. The van der Waals surface area contributed by atoms with Gasteiger partial charge in [0.15, 0.2) is 0 Å². The molecule has 0 bridgehead atoms. The maximum atomic E-state index is 13.8. The van der Waals surface area contributed by atoms with Crippen molar-refractivity contribution >= 4 is 11.6 Å². The first-order valence-electron chi connectivity index (χ1n) is 6.05. The Morgan fingerprint density at radius 2 is 2.37 bits per heavy atom. The number of nitrogen functional groups attached to an aromatic ring is 1. The highest BCUT2D eigenvalue weighted by Crippen LogP contribution is 2.19. The molecule has 2 rings (SSSR count). The topological polar surface area (TPSA) is 84.6 Å². The molecule has 1 aromatic rings. The van der Waals surface area contributed by atoms with E-state index in [2.05, 4.69) is 5.32 Å². The Morgan fingerprint density at radius 3 is 3.00 bits per heavy atom. The zero-order valence-corrected chi connectivity index (χ0v) is 10.7. The molecule has 19 heavy (non-hydrogen) atoms. The minimum Gasteiger partial charge on any atom is -0.399 e. The number of anilines is 1. The molecular formula is C13H17FN2O3. The molecular weight excluding hydrogens is 251 g/mol. The predicted molar refractivity (Wildman–Crippen MR) is 68.3 cm³/mol. The first kappa shape index (κ1) is 13.8. The van der Waals surface area contributed by atoms with Gasteiger partial charge in [0.2, 0.25) is 0 Å². The Bertz CT molecular complexity index is 499. The molecule has 1 saturated heterocycles. The number of carbonyl (C=O) groups excluding carboxylic acids is 1. The van der Waals surface area contributed by atoms with E-state index >= 15 is 0 Å². The van der Waals surface area contributed by atoms with E-state index in [1.165, 1.54) is 12.1 Å². The number of ether oxygens (including phenoxy) is 1. The van der Waals surface area contributed by atoms with E-state index in [9.17, 15) is 14.3 Å². The third-order valence-corrected chi connectivity index (χ3v) is 3.18. The minimum atomic E-state index is -1.07. The molecule has 1 fully saturated rings. The highest BCUT2D eigenvalue weighted by molar-refractivity contribution is 5.95. The lowest BCUT2D eigenvalue weighted by Crippen LogP contribution is -2.43. The van der Waals surface area contributed by atoms with E-state index in [4.69, 9.17) is 10.5 Å². The normalized spacial score (nSPS) is 22.5. The number of benzene rings is 1. The van der Waals surface area contributed by atoms with Gasteiger partial charge in [-0.2, -0.15) is 0 Å². The molecule has 4 N–H and O–H groups in total. The molecule has 0 saturated carbocycles. The maximum Gasteiger partial charge on any atom is 0.254 e. The second-order valence-electron chi connectivity index (χ2n) is 4.91. The number of nitrogens with one attached hydrogen (secondary N) is 1. The van der Waals surface area contributed by atoms with Gasteiger partial charge in [-0.05, 0) is 24.6 Å². The SMILES string of the molecule is Cc1cc(N)cc(C(=O)NCC2(O)CCOC2)c1F. The second kappa shape index (κ2) is 5.14. The van der Waals surface area contributed by atoms with E-state index in [0.717, 1.165) is 0 Å². The lowest BCUT2D eigenvalue weighted by atomic mass is 10.0. The van der Waals surface area contributed by atoms with Crippen LogP contribution in [-0.4, -0.2) is 36.4 Å². The lowest BCUT2D eigenvalue weighted by Gasteiger charge is -2.20. The van der Waals surface area contributed by atoms with Crippen molar-refractivity contribution < 1.29 is 19.0 Å². The molecule has 104 valence electrons. The quantitative estimate of drug-likeness (QED) is 0.701. The molecule has 1 unspecified atom stereocenters. The van der Waals surface area contributed by atoms with Crippen molar-refractivity contribution in [2.75, 3.05) is 25.5 Å². The third-order valence-electron chi connectivity index (χ3n) is 3.18. The molecule has 0 spiro atoms. The first-order valence-corrected chi connectivity index (χ1v) is 6.05. The molecule has 0 radical (unpaired) electrons. The number of rotatable bonds is 3. The van der Waals surface area contributed by atoms with Gasteiger partial charge in [-0.25, -0.2) is 4.39 Å². The number of aliphatic hydroxyl groups is 1. The van der Waals surface area contributed by atoms with Crippen LogP contribution in [0.4, 0.5) is 10.1 Å². The van der Waals surface area contributed by atoms with Crippen LogP contribution in [0.5, 0.6) is 0 Å². The van der Waals surface area contributed by atoms with E-state index in [1.807, 2.05) is 0 Å². The minimum absolute atomic E-state index is 0.0269. The lowest BCUT2D eigenvalue weighted by molar-refractivity contribution is 0.0264. The number of halogens is 1. The molecule has 0 aliphatic carbocycles. The smallest absolute Gasteiger partial charge is 0.254 e. The number of hydrogen-bond donors (Lipinski definition) is 3. The Balaban J connectivity index is 2.08. The van der Waals surface area contributed by atoms with Crippen LogP contribution in [0.3, 0.4) is 0 Å². The second-order valence-corrected chi connectivity index (χ2v) is 4.91. The molecule has 1 aliphatic heterocycles. The molecule has 5 nitrogen and oxygen atoms in total. The zero-order chi connectivity index (χ0) is 14.0. The third kappa shape index (κ3) is 3.02. The van der Waals surface area contributed by atoms with Crippen LogP contribution in [0.15, 0.2) is 12.1 Å². The fourth-order valence-corrected chi connectivity index (χ4v) is 2.04. The Labute approximate surface area is 110 Å². The van der Waals surface area contributed by atoms with Crippen molar-refractivity contribution in [1.29, 1.82) is 0 Å². The van der Waals surface area contributed by atoms with Gasteiger partial charge >= 0.3 is 0 Å².